The Kier molecular flexibility index (Phi) is 6.09. The van der Waals surface area contributed by atoms with Gasteiger partial charge >= 0.3 is 0 Å². The van der Waals surface area contributed by atoms with E-state index in [1.165, 1.54) is 6.08 Å². The van der Waals surface area contributed by atoms with E-state index in [9.17, 15) is 17.6 Å². The summed E-state index contributed by atoms with van der Waals surface area (Å²) in [5.74, 6) is -3.10. The predicted octanol–water partition coefficient (Wildman–Crippen LogP) is 7.33. The van der Waals surface area contributed by atoms with Crippen molar-refractivity contribution < 1.29 is 22.3 Å². The maximum atomic E-state index is 14.5. The molecule has 0 amide bonds. The first-order valence-electron chi connectivity index (χ1n) is 10.4. The number of benzene rings is 2. The van der Waals surface area contributed by atoms with Crippen LogP contribution in [0.4, 0.5) is 17.6 Å². The summed E-state index contributed by atoms with van der Waals surface area (Å²) in [5, 5.41) is 0. The van der Waals surface area contributed by atoms with Gasteiger partial charge in [-0.25, -0.2) is 17.6 Å². The van der Waals surface area contributed by atoms with Crippen LogP contribution in [0.1, 0.15) is 66.9 Å². The van der Waals surface area contributed by atoms with E-state index in [2.05, 4.69) is 0 Å². The maximum absolute atomic E-state index is 14.5. The highest BCUT2D eigenvalue weighted by Gasteiger charge is 2.32. The summed E-state index contributed by atoms with van der Waals surface area (Å²) in [5.41, 5.74) is 1.16. The summed E-state index contributed by atoms with van der Waals surface area (Å²) in [7, 11) is 0. The van der Waals surface area contributed by atoms with Crippen LogP contribution >= 0.6 is 0 Å². The van der Waals surface area contributed by atoms with Crippen LogP contribution in [0.25, 0.3) is 12.2 Å². The molecule has 1 saturated carbocycles. The molecule has 1 aliphatic carbocycles. The van der Waals surface area contributed by atoms with Gasteiger partial charge in [-0.1, -0.05) is 48.6 Å². The number of halogens is 4. The second-order valence-corrected chi connectivity index (χ2v) is 8.04. The molecule has 1 nitrogen and oxygen atoms in total. The molecular formula is C25H24F4O. The van der Waals surface area contributed by atoms with Crippen LogP contribution in [0.5, 0.6) is 0 Å². The highest BCUT2D eigenvalue weighted by atomic mass is 19.2. The molecule has 2 fully saturated rings. The average molecular weight is 416 g/mol. The second kappa shape index (κ2) is 8.76. The molecule has 0 bridgehead atoms. The van der Waals surface area contributed by atoms with E-state index in [0.29, 0.717) is 17.7 Å². The molecule has 158 valence electrons. The van der Waals surface area contributed by atoms with Crippen molar-refractivity contribution in [1.29, 1.82) is 0 Å². The van der Waals surface area contributed by atoms with Gasteiger partial charge in [0.05, 0.1) is 6.61 Å². The van der Waals surface area contributed by atoms with Gasteiger partial charge in [-0.3, -0.25) is 0 Å². The van der Waals surface area contributed by atoms with Crippen molar-refractivity contribution in [3.8, 4) is 0 Å². The van der Waals surface area contributed by atoms with Crippen molar-refractivity contribution in [2.45, 2.75) is 44.6 Å². The molecule has 1 unspecified atom stereocenters. The number of allylic oxidation sites excluding steroid dienone is 2. The zero-order chi connectivity index (χ0) is 21.3. The van der Waals surface area contributed by atoms with Crippen LogP contribution in [-0.2, 0) is 4.74 Å². The lowest BCUT2D eigenvalue weighted by Crippen LogP contribution is -2.14. The number of hydrogen-bond acceptors (Lipinski definition) is 1. The molecule has 0 aromatic heterocycles. The number of epoxide rings is 1. The Balaban J connectivity index is 1.41. The molecule has 5 heteroatoms. The molecule has 1 heterocycles. The first-order valence-corrected chi connectivity index (χ1v) is 10.4. The molecule has 30 heavy (non-hydrogen) atoms. The van der Waals surface area contributed by atoms with Crippen molar-refractivity contribution in [2.24, 2.45) is 5.92 Å². The number of hydrogen-bond donors (Lipinski definition) is 0. The van der Waals surface area contributed by atoms with Crippen LogP contribution in [0.15, 0.2) is 36.4 Å². The van der Waals surface area contributed by atoms with E-state index in [-0.39, 0.29) is 29.1 Å². The topological polar surface area (TPSA) is 12.5 Å². The molecule has 2 aromatic carbocycles. The van der Waals surface area contributed by atoms with Crippen LogP contribution < -0.4 is 0 Å². The third kappa shape index (κ3) is 4.22. The fourth-order valence-corrected chi connectivity index (χ4v) is 4.25. The lowest BCUT2D eigenvalue weighted by Gasteiger charge is -2.27. The molecular weight excluding hydrogens is 392 g/mol. The van der Waals surface area contributed by atoms with E-state index < -0.39 is 23.3 Å². The molecule has 4 rings (SSSR count). The Morgan fingerprint density at radius 1 is 0.767 bits per heavy atom. The Bertz CT molecular complexity index is 983. The van der Waals surface area contributed by atoms with Gasteiger partial charge in [0.25, 0.3) is 0 Å². The predicted molar refractivity (Wildman–Crippen MR) is 110 cm³/mol. The monoisotopic (exact) mass is 416 g/mol. The van der Waals surface area contributed by atoms with Crippen LogP contribution in [0.2, 0.25) is 0 Å². The zero-order valence-electron chi connectivity index (χ0n) is 16.8. The highest BCUT2D eigenvalue weighted by molar-refractivity contribution is 5.57. The van der Waals surface area contributed by atoms with E-state index in [1.807, 2.05) is 6.08 Å². The third-order valence-corrected chi connectivity index (χ3v) is 6.07. The molecule has 2 aliphatic rings. The summed E-state index contributed by atoms with van der Waals surface area (Å²) in [4.78, 5) is 0. The van der Waals surface area contributed by atoms with Gasteiger partial charge in [0.2, 0.25) is 0 Å². The van der Waals surface area contributed by atoms with E-state index >= 15 is 0 Å². The first-order chi connectivity index (χ1) is 14.5. The quantitative estimate of drug-likeness (QED) is 0.367. The minimum Gasteiger partial charge on any atom is -0.368 e. The molecule has 0 spiro atoms. The first kappa shape index (κ1) is 20.9. The van der Waals surface area contributed by atoms with Gasteiger partial charge < -0.3 is 4.74 Å². The van der Waals surface area contributed by atoms with Crippen molar-refractivity contribution >= 4 is 12.2 Å². The SMILES string of the molecule is C/C=C/c1ccc(/C=C/C2CCC(c3ccc(C4CO4)c(F)c3F)CC2)c(F)c1F. The lowest BCUT2D eigenvalue weighted by molar-refractivity contribution is 0.361. The van der Waals surface area contributed by atoms with Crippen molar-refractivity contribution in [3.63, 3.8) is 0 Å². The Hall–Kier alpha value is -2.40. The Morgan fingerprint density at radius 3 is 1.93 bits per heavy atom. The summed E-state index contributed by atoms with van der Waals surface area (Å²) in [6.45, 7) is 2.19. The standard InChI is InChI=1S/C25H24F4O/c1-2-3-17-10-11-18(23(27)22(17)26)9-6-15-4-7-16(8-5-15)19-12-13-20(21-14-30-21)25(29)24(19)28/h2-3,6,9-13,15-16,21H,4-5,7-8,14H2,1H3/b3-2+,9-6+. The maximum Gasteiger partial charge on any atom is 0.166 e. The fourth-order valence-electron chi connectivity index (χ4n) is 4.25. The van der Waals surface area contributed by atoms with E-state index in [1.54, 1.807) is 43.3 Å². The summed E-state index contributed by atoms with van der Waals surface area (Å²) >= 11 is 0. The minimum absolute atomic E-state index is 0.0346. The number of rotatable bonds is 5. The van der Waals surface area contributed by atoms with Crippen LogP contribution in [-0.4, -0.2) is 6.61 Å². The molecule has 1 aliphatic heterocycles. The van der Waals surface area contributed by atoms with Gasteiger partial charge in [-0.05, 0) is 50.0 Å². The van der Waals surface area contributed by atoms with Gasteiger partial charge in [0, 0.05) is 16.7 Å². The molecule has 0 N–H and O–H groups in total. The highest BCUT2D eigenvalue weighted by Crippen LogP contribution is 2.40. The summed E-state index contributed by atoms with van der Waals surface area (Å²) in [6.07, 6.45) is 9.41. The lowest BCUT2D eigenvalue weighted by atomic mass is 9.78. The minimum atomic E-state index is -0.854. The summed E-state index contributed by atoms with van der Waals surface area (Å²) < 4.78 is 62.2. The zero-order valence-corrected chi connectivity index (χ0v) is 16.8. The normalized spacial score (nSPS) is 24.1. The third-order valence-electron chi connectivity index (χ3n) is 6.07. The van der Waals surface area contributed by atoms with E-state index in [4.69, 9.17) is 4.74 Å². The van der Waals surface area contributed by atoms with Gasteiger partial charge in [0.1, 0.15) is 6.10 Å². The molecule has 1 atom stereocenters. The fraction of sp³-hybridized carbons (Fsp3) is 0.360. The van der Waals surface area contributed by atoms with Crippen LogP contribution in [0.3, 0.4) is 0 Å². The Morgan fingerprint density at radius 2 is 1.33 bits per heavy atom. The molecule has 0 radical (unpaired) electrons. The smallest absolute Gasteiger partial charge is 0.166 e. The van der Waals surface area contributed by atoms with E-state index in [0.717, 1.165) is 25.7 Å². The summed E-state index contributed by atoms with van der Waals surface area (Å²) in [6, 6.07) is 6.44. The number of ether oxygens (including phenoxy) is 1. The molecule has 2 aromatic rings. The van der Waals surface area contributed by atoms with Crippen molar-refractivity contribution in [3.05, 3.63) is 81.9 Å². The van der Waals surface area contributed by atoms with Crippen molar-refractivity contribution in [2.75, 3.05) is 6.61 Å². The second-order valence-electron chi connectivity index (χ2n) is 8.04. The average Bonchev–Trinajstić information content (AvgIpc) is 3.59. The van der Waals surface area contributed by atoms with Crippen molar-refractivity contribution in [1.82, 2.24) is 0 Å². The Labute approximate surface area is 174 Å². The van der Waals surface area contributed by atoms with Crippen LogP contribution in [0, 0.1) is 29.2 Å². The largest absolute Gasteiger partial charge is 0.368 e. The van der Waals surface area contributed by atoms with Gasteiger partial charge in [0.15, 0.2) is 23.3 Å². The van der Waals surface area contributed by atoms with Gasteiger partial charge in [-0.2, -0.15) is 0 Å². The molecule has 1 saturated heterocycles. The van der Waals surface area contributed by atoms with Gasteiger partial charge in [-0.15, -0.1) is 0 Å².